The number of aryl methyl sites for hydroxylation is 2. The van der Waals surface area contributed by atoms with Gasteiger partial charge in [-0.3, -0.25) is 9.36 Å². The Morgan fingerprint density at radius 3 is 2.15 bits per heavy atom. The second-order valence-electron chi connectivity index (χ2n) is 4.52. The first kappa shape index (κ1) is 12.3. The number of rotatable bonds is 3. The van der Waals surface area contributed by atoms with Crippen molar-refractivity contribution in [1.29, 1.82) is 0 Å². The monoisotopic (exact) mass is 269 g/mol. The van der Waals surface area contributed by atoms with E-state index in [0.29, 0.717) is 5.82 Å². The summed E-state index contributed by atoms with van der Waals surface area (Å²) in [6, 6.07) is 1.90. The highest BCUT2D eigenvalue weighted by Crippen LogP contribution is 2.23. The fourth-order valence-corrected chi connectivity index (χ4v) is 1.94. The van der Waals surface area contributed by atoms with Crippen LogP contribution in [0.4, 0.5) is 5.82 Å². The lowest BCUT2D eigenvalue weighted by molar-refractivity contribution is 0.768. The van der Waals surface area contributed by atoms with E-state index >= 15 is 0 Å². The lowest BCUT2D eigenvalue weighted by atomic mass is 10.2. The highest BCUT2D eigenvalue weighted by molar-refractivity contribution is 5.66. The van der Waals surface area contributed by atoms with Crippen LogP contribution in [0.25, 0.3) is 22.6 Å². The molecule has 0 aliphatic carbocycles. The topological polar surface area (TPSA) is 73.5 Å². The molecule has 1 N–H and O–H groups in total. The summed E-state index contributed by atoms with van der Waals surface area (Å²) in [5.41, 5.74) is 2.67. The molecule has 0 saturated heterocycles. The standard InChI is InChI=1S/C13H15N7/c1-14-12-4-11(9-5-15-19(2)7-9)17-13(18-12)10-6-16-20(3)8-10/h4-8H,1-3H3,(H,14,17,18). The summed E-state index contributed by atoms with van der Waals surface area (Å²) >= 11 is 0. The third-order valence-corrected chi connectivity index (χ3v) is 2.95. The Morgan fingerprint density at radius 2 is 1.60 bits per heavy atom. The van der Waals surface area contributed by atoms with Crippen LogP contribution in [0.2, 0.25) is 0 Å². The second-order valence-corrected chi connectivity index (χ2v) is 4.52. The molecule has 7 nitrogen and oxygen atoms in total. The molecule has 20 heavy (non-hydrogen) atoms. The summed E-state index contributed by atoms with van der Waals surface area (Å²) in [6.07, 6.45) is 7.35. The molecule has 0 aliphatic rings. The Labute approximate surface area is 116 Å². The zero-order valence-electron chi connectivity index (χ0n) is 11.6. The van der Waals surface area contributed by atoms with Crippen molar-refractivity contribution in [2.24, 2.45) is 14.1 Å². The molecular formula is C13H15N7. The lowest BCUT2D eigenvalue weighted by Crippen LogP contribution is -1.98. The molecule has 7 heteroatoms. The zero-order valence-corrected chi connectivity index (χ0v) is 11.6. The summed E-state index contributed by atoms with van der Waals surface area (Å²) in [4.78, 5) is 9.06. The average molecular weight is 269 g/mol. The molecule has 0 unspecified atom stereocenters. The van der Waals surface area contributed by atoms with E-state index in [0.717, 1.165) is 22.6 Å². The predicted molar refractivity (Wildman–Crippen MR) is 76.0 cm³/mol. The summed E-state index contributed by atoms with van der Waals surface area (Å²) in [5.74, 6) is 1.40. The van der Waals surface area contributed by atoms with Gasteiger partial charge in [0.15, 0.2) is 5.82 Å². The molecule has 0 aromatic carbocycles. The van der Waals surface area contributed by atoms with Crippen LogP contribution in [-0.4, -0.2) is 36.6 Å². The van der Waals surface area contributed by atoms with E-state index in [-0.39, 0.29) is 0 Å². The third kappa shape index (κ3) is 2.25. The van der Waals surface area contributed by atoms with Crippen molar-refractivity contribution in [3.05, 3.63) is 30.9 Å². The Bertz CT molecular complexity index is 682. The summed E-state index contributed by atoms with van der Waals surface area (Å²) in [5, 5.41) is 11.4. The van der Waals surface area contributed by atoms with Crippen molar-refractivity contribution in [2.75, 3.05) is 12.4 Å². The van der Waals surface area contributed by atoms with Crippen molar-refractivity contribution in [3.8, 4) is 22.6 Å². The Kier molecular flexibility index (Phi) is 2.94. The number of nitrogens with one attached hydrogen (secondary N) is 1. The minimum Gasteiger partial charge on any atom is -0.373 e. The second kappa shape index (κ2) is 4.76. The number of aromatic nitrogens is 6. The van der Waals surface area contributed by atoms with Gasteiger partial charge in [-0.1, -0.05) is 0 Å². The summed E-state index contributed by atoms with van der Waals surface area (Å²) in [7, 11) is 5.58. The Balaban J connectivity index is 2.12. The van der Waals surface area contributed by atoms with Gasteiger partial charge in [-0.25, -0.2) is 9.97 Å². The fraction of sp³-hybridized carbons (Fsp3) is 0.231. The first-order valence-corrected chi connectivity index (χ1v) is 6.20. The Morgan fingerprint density at radius 1 is 0.950 bits per heavy atom. The number of anilines is 1. The third-order valence-electron chi connectivity index (χ3n) is 2.95. The minimum absolute atomic E-state index is 0.642. The van der Waals surface area contributed by atoms with Gasteiger partial charge in [0.1, 0.15) is 5.82 Å². The molecule has 0 fully saturated rings. The summed E-state index contributed by atoms with van der Waals surface area (Å²) < 4.78 is 3.48. The quantitative estimate of drug-likeness (QED) is 0.776. The van der Waals surface area contributed by atoms with Crippen LogP contribution in [-0.2, 0) is 14.1 Å². The summed E-state index contributed by atoms with van der Waals surface area (Å²) in [6.45, 7) is 0. The van der Waals surface area contributed by atoms with E-state index in [2.05, 4.69) is 25.5 Å². The highest BCUT2D eigenvalue weighted by atomic mass is 15.2. The van der Waals surface area contributed by atoms with E-state index in [1.807, 2.05) is 39.6 Å². The van der Waals surface area contributed by atoms with Crippen LogP contribution in [0.3, 0.4) is 0 Å². The van der Waals surface area contributed by atoms with Gasteiger partial charge in [-0.15, -0.1) is 0 Å². The van der Waals surface area contributed by atoms with Gasteiger partial charge in [-0.05, 0) is 0 Å². The van der Waals surface area contributed by atoms with E-state index in [1.165, 1.54) is 0 Å². The zero-order chi connectivity index (χ0) is 14.1. The smallest absolute Gasteiger partial charge is 0.165 e. The minimum atomic E-state index is 0.642. The van der Waals surface area contributed by atoms with E-state index in [1.54, 1.807) is 21.8 Å². The largest absolute Gasteiger partial charge is 0.373 e. The average Bonchev–Trinajstić information content (AvgIpc) is 3.07. The van der Waals surface area contributed by atoms with Gasteiger partial charge < -0.3 is 5.32 Å². The first-order chi connectivity index (χ1) is 9.65. The molecule has 0 spiro atoms. The highest BCUT2D eigenvalue weighted by Gasteiger charge is 2.10. The maximum Gasteiger partial charge on any atom is 0.165 e. The van der Waals surface area contributed by atoms with Crippen LogP contribution in [0, 0.1) is 0 Å². The molecule has 3 heterocycles. The van der Waals surface area contributed by atoms with Crippen LogP contribution >= 0.6 is 0 Å². The van der Waals surface area contributed by atoms with E-state index < -0.39 is 0 Å². The number of hydrogen-bond donors (Lipinski definition) is 1. The van der Waals surface area contributed by atoms with Gasteiger partial charge in [0.2, 0.25) is 0 Å². The number of nitrogens with zero attached hydrogens (tertiary/aromatic N) is 6. The van der Waals surface area contributed by atoms with E-state index in [4.69, 9.17) is 0 Å². The molecule has 0 bridgehead atoms. The molecule has 0 atom stereocenters. The lowest BCUT2D eigenvalue weighted by Gasteiger charge is -2.05. The van der Waals surface area contributed by atoms with E-state index in [9.17, 15) is 0 Å². The first-order valence-electron chi connectivity index (χ1n) is 6.20. The SMILES string of the molecule is CNc1cc(-c2cnn(C)c2)nc(-c2cnn(C)c2)n1. The molecule has 102 valence electrons. The maximum absolute atomic E-state index is 4.59. The maximum atomic E-state index is 4.59. The van der Waals surface area contributed by atoms with Gasteiger partial charge in [0.05, 0.1) is 23.7 Å². The molecule has 0 radical (unpaired) electrons. The van der Waals surface area contributed by atoms with Crippen LogP contribution in [0.1, 0.15) is 0 Å². The Hall–Kier alpha value is -2.70. The van der Waals surface area contributed by atoms with Gasteiger partial charge in [-0.2, -0.15) is 10.2 Å². The van der Waals surface area contributed by atoms with Crippen molar-refractivity contribution >= 4 is 5.82 Å². The fourth-order valence-electron chi connectivity index (χ4n) is 1.94. The van der Waals surface area contributed by atoms with Gasteiger partial charge in [0, 0.05) is 45.2 Å². The molecule has 0 amide bonds. The normalized spacial score (nSPS) is 10.8. The van der Waals surface area contributed by atoms with Crippen LogP contribution < -0.4 is 5.32 Å². The van der Waals surface area contributed by atoms with Crippen molar-refractivity contribution < 1.29 is 0 Å². The number of hydrogen-bond acceptors (Lipinski definition) is 5. The molecule has 3 aromatic heterocycles. The van der Waals surface area contributed by atoms with Crippen molar-refractivity contribution in [1.82, 2.24) is 29.5 Å². The predicted octanol–water partition coefficient (Wildman–Crippen LogP) is 1.32. The molecular weight excluding hydrogens is 254 g/mol. The molecule has 3 rings (SSSR count). The van der Waals surface area contributed by atoms with Crippen LogP contribution in [0.5, 0.6) is 0 Å². The van der Waals surface area contributed by atoms with Crippen molar-refractivity contribution in [2.45, 2.75) is 0 Å². The molecule has 3 aromatic rings. The van der Waals surface area contributed by atoms with Crippen molar-refractivity contribution in [3.63, 3.8) is 0 Å². The molecule has 0 aliphatic heterocycles. The molecule has 0 saturated carbocycles. The van der Waals surface area contributed by atoms with Gasteiger partial charge in [0.25, 0.3) is 0 Å². The van der Waals surface area contributed by atoms with Gasteiger partial charge >= 0.3 is 0 Å². The van der Waals surface area contributed by atoms with Crippen LogP contribution in [0.15, 0.2) is 30.9 Å².